The molecule has 0 aliphatic carbocycles. The highest BCUT2D eigenvalue weighted by molar-refractivity contribution is 8.00. The number of benzene rings is 1. The summed E-state index contributed by atoms with van der Waals surface area (Å²) in [4.78, 5) is 29.2. The van der Waals surface area contributed by atoms with Gasteiger partial charge in [0.2, 0.25) is 11.8 Å². The lowest BCUT2D eigenvalue weighted by Gasteiger charge is -2.34. The van der Waals surface area contributed by atoms with Crippen LogP contribution in [0.4, 0.5) is 0 Å². The van der Waals surface area contributed by atoms with E-state index in [0.717, 1.165) is 13.1 Å². The van der Waals surface area contributed by atoms with Crippen LogP contribution in [0.25, 0.3) is 0 Å². The third-order valence-corrected chi connectivity index (χ3v) is 5.92. The van der Waals surface area contributed by atoms with Crippen molar-refractivity contribution in [3.05, 3.63) is 29.3 Å². The topological polar surface area (TPSA) is 52.7 Å². The Balaban J connectivity index is 1.87. The second-order valence-corrected chi connectivity index (χ2v) is 8.87. The van der Waals surface area contributed by atoms with E-state index in [9.17, 15) is 9.59 Å². The van der Waals surface area contributed by atoms with E-state index in [1.165, 1.54) is 16.0 Å². The van der Waals surface area contributed by atoms with Crippen molar-refractivity contribution in [2.24, 2.45) is 0 Å². The fourth-order valence-corrected chi connectivity index (χ4v) is 3.86. The smallest absolute Gasteiger partial charge is 0.233 e. The molecule has 1 aliphatic rings. The first kappa shape index (κ1) is 20.8. The standard InChI is InChI=1S/C20H31N3O2S/c1-15-6-7-16(20(2,3)4)12-17(15)26-14-19(25)23-10-8-22(9-11-23)13-18(24)21-5/h6-7,12H,8-11,13-14H2,1-5H3,(H,21,24). The molecular weight excluding hydrogens is 346 g/mol. The predicted molar refractivity (Wildman–Crippen MR) is 108 cm³/mol. The number of carbonyl (C=O) groups excluding carboxylic acids is 2. The first-order valence-electron chi connectivity index (χ1n) is 9.15. The van der Waals surface area contributed by atoms with Gasteiger partial charge in [-0.25, -0.2) is 0 Å². The van der Waals surface area contributed by atoms with Crippen molar-refractivity contribution in [1.29, 1.82) is 0 Å². The number of amides is 2. The van der Waals surface area contributed by atoms with Gasteiger partial charge in [-0.3, -0.25) is 14.5 Å². The highest BCUT2D eigenvalue weighted by Gasteiger charge is 2.22. The Kier molecular flexibility index (Phi) is 7.12. The first-order valence-corrected chi connectivity index (χ1v) is 10.1. The SMILES string of the molecule is CNC(=O)CN1CCN(C(=O)CSc2cc(C(C)(C)C)ccc2C)CC1. The zero-order valence-electron chi connectivity index (χ0n) is 16.6. The van der Waals surface area contributed by atoms with Crippen molar-refractivity contribution in [1.82, 2.24) is 15.1 Å². The fourth-order valence-electron chi connectivity index (χ4n) is 2.89. The molecule has 5 nitrogen and oxygen atoms in total. The Morgan fingerprint density at radius 1 is 1.15 bits per heavy atom. The van der Waals surface area contributed by atoms with Gasteiger partial charge in [0.05, 0.1) is 12.3 Å². The van der Waals surface area contributed by atoms with Crippen LogP contribution in [0.15, 0.2) is 23.1 Å². The third kappa shape index (κ3) is 5.74. The Labute approximate surface area is 161 Å². The zero-order chi connectivity index (χ0) is 19.3. The highest BCUT2D eigenvalue weighted by Crippen LogP contribution is 2.29. The summed E-state index contributed by atoms with van der Waals surface area (Å²) in [5.74, 6) is 0.661. The molecule has 0 spiro atoms. The van der Waals surface area contributed by atoms with E-state index < -0.39 is 0 Å². The quantitative estimate of drug-likeness (QED) is 0.800. The Bertz CT molecular complexity index is 647. The first-order chi connectivity index (χ1) is 12.2. The number of aryl methyl sites for hydroxylation is 1. The maximum absolute atomic E-state index is 12.6. The summed E-state index contributed by atoms with van der Waals surface area (Å²) in [7, 11) is 1.65. The van der Waals surface area contributed by atoms with Crippen LogP contribution in [0, 0.1) is 6.92 Å². The minimum atomic E-state index is 0.0227. The maximum atomic E-state index is 12.6. The van der Waals surface area contributed by atoms with E-state index in [2.05, 4.69) is 56.1 Å². The number of piperazine rings is 1. The van der Waals surface area contributed by atoms with Crippen molar-refractivity contribution in [2.45, 2.75) is 38.0 Å². The van der Waals surface area contributed by atoms with Crippen LogP contribution in [-0.2, 0) is 15.0 Å². The molecule has 26 heavy (non-hydrogen) atoms. The van der Waals surface area contributed by atoms with Crippen molar-refractivity contribution in [2.75, 3.05) is 45.5 Å². The fraction of sp³-hybridized carbons (Fsp3) is 0.600. The summed E-state index contributed by atoms with van der Waals surface area (Å²) < 4.78 is 0. The van der Waals surface area contributed by atoms with E-state index in [-0.39, 0.29) is 17.2 Å². The van der Waals surface area contributed by atoms with E-state index in [1.54, 1.807) is 18.8 Å². The lowest BCUT2D eigenvalue weighted by atomic mass is 9.87. The van der Waals surface area contributed by atoms with Gasteiger partial charge in [0.1, 0.15) is 0 Å². The number of nitrogens with zero attached hydrogens (tertiary/aromatic N) is 2. The zero-order valence-corrected chi connectivity index (χ0v) is 17.4. The van der Waals surface area contributed by atoms with Crippen LogP contribution in [0.2, 0.25) is 0 Å². The van der Waals surface area contributed by atoms with Crippen LogP contribution < -0.4 is 5.32 Å². The van der Waals surface area contributed by atoms with Gasteiger partial charge in [-0.15, -0.1) is 11.8 Å². The van der Waals surface area contributed by atoms with E-state index in [4.69, 9.17) is 0 Å². The average molecular weight is 378 g/mol. The second-order valence-electron chi connectivity index (χ2n) is 7.85. The van der Waals surface area contributed by atoms with Crippen LogP contribution in [0.3, 0.4) is 0 Å². The Morgan fingerprint density at radius 3 is 2.38 bits per heavy atom. The van der Waals surface area contributed by atoms with Gasteiger partial charge in [-0.1, -0.05) is 32.9 Å². The van der Waals surface area contributed by atoms with Crippen LogP contribution >= 0.6 is 11.8 Å². The van der Waals surface area contributed by atoms with Crippen molar-refractivity contribution >= 4 is 23.6 Å². The molecule has 1 fully saturated rings. The molecule has 0 aromatic heterocycles. The minimum Gasteiger partial charge on any atom is -0.358 e. The number of rotatable bonds is 5. The normalized spacial score (nSPS) is 15.8. The maximum Gasteiger partial charge on any atom is 0.233 e. The monoisotopic (exact) mass is 377 g/mol. The van der Waals surface area contributed by atoms with Gasteiger partial charge in [0, 0.05) is 38.1 Å². The van der Waals surface area contributed by atoms with Crippen molar-refractivity contribution in [3.63, 3.8) is 0 Å². The molecule has 0 bridgehead atoms. The molecule has 0 atom stereocenters. The second kappa shape index (κ2) is 8.91. The number of hydrogen-bond acceptors (Lipinski definition) is 4. The van der Waals surface area contributed by atoms with Gasteiger partial charge in [0.25, 0.3) is 0 Å². The molecule has 1 aromatic carbocycles. The molecule has 144 valence electrons. The van der Waals surface area contributed by atoms with E-state index in [1.807, 2.05) is 4.90 Å². The third-order valence-electron chi connectivity index (χ3n) is 4.78. The molecule has 1 aromatic rings. The molecule has 1 heterocycles. The van der Waals surface area contributed by atoms with Crippen LogP contribution in [0.1, 0.15) is 31.9 Å². The van der Waals surface area contributed by atoms with Gasteiger partial charge in [-0.2, -0.15) is 0 Å². The lowest BCUT2D eigenvalue weighted by molar-refractivity contribution is -0.130. The largest absolute Gasteiger partial charge is 0.358 e. The van der Waals surface area contributed by atoms with Crippen molar-refractivity contribution < 1.29 is 9.59 Å². The molecule has 1 aliphatic heterocycles. The number of likely N-dealkylation sites (N-methyl/N-ethyl adjacent to an activating group) is 1. The van der Waals surface area contributed by atoms with Crippen molar-refractivity contribution in [3.8, 4) is 0 Å². The predicted octanol–water partition coefficient (Wildman–Crippen LogP) is 2.27. The van der Waals surface area contributed by atoms with Gasteiger partial charge < -0.3 is 10.2 Å². The lowest BCUT2D eigenvalue weighted by Crippen LogP contribution is -2.51. The molecule has 0 radical (unpaired) electrons. The molecular formula is C20H31N3O2S. The van der Waals surface area contributed by atoms with Gasteiger partial charge >= 0.3 is 0 Å². The molecule has 0 unspecified atom stereocenters. The summed E-state index contributed by atoms with van der Waals surface area (Å²) in [6.45, 7) is 12.0. The molecule has 0 saturated carbocycles. The van der Waals surface area contributed by atoms with Gasteiger partial charge in [-0.05, 0) is 29.5 Å². The summed E-state index contributed by atoms with van der Waals surface area (Å²) in [6.07, 6.45) is 0. The summed E-state index contributed by atoms with van der Waals surface area (Å²) in [6, 6.07) is 6.53. The van der Waals surface area contributed by atoms with Gasteiger partial charge in [0.15, 0.2) is 0 Å². The number of hydrogen-bond donors (Lipinski definition) is 1. The molecule has 1 N–H and O–H groups in total. The average Bonchev–Trinajstić information content (AvgIpc) is 2.60. The van der Waals surface area contributed by atoms with E-state index in [0.29, 0.717) is 25.4 Å². The van der Waals surface area contributed by atoms with Crippen LogP contribution in [-0.4, -0.2) is 67.1 Å². The minimum absolute atomic E-state index is 0.0227. The highest BCUT2D eigenvalue weighted by atomic mass is 32.2. The summed E-state index contributed by atoms with van der Waals surface area (Å²) >= 11 is 1.63. The Morgan fingerprint density at radius 2 is 1.81 bits per heavy atom. The number of carbonyl (C=O) groups is 2. The molecule has 2 amide bonds. The Hall–Kier alpha value is -1.53. The summed E-state index contributed by atoms with van der Waals surface area (Å²) in [5.41, 5.74) is 2.61. The van der Waals surface area contributed by atoms with E-state index >= 15 is 0 Å². The number of thioether (sulfide) groups is 1. The van der Waals surface area contributed by atoms with Crippen LogP contribution in [0.5, 0.6) is 0 Å². The summed E-state index contributed by atoms with van der Waals surface area (Å²) in [5, 5.41) is 2.64. The number of nitrogens with one attached hydrogen (secondary N) is 1. The molecule has 6 heteroatoms. The molecule has 1 saturated heterocycles. The molecule has 2 rings (SSSR count).